The SMILES string of the molecule is CCOc1ccc(-c2csc(CC(=O)NCc3ccco3)n2)cc1. The molecule has 0 bridgehead atoms. The molecule has 0 unspecified atom stereocenters. The minimum absolute atomic E-state index is 0.0704. The number of hydrogen-bond acceptors (Lipinski definition) is 5. The second kappa shape index (κ2) is 7.79. The van der Waals surface area contributed by atoms with Crippen LogP contribution >= 0.6 is 11.3 Å². The molecule has 6 heteroatoms. The molecule has 0 radical (unpaired) electrons. The number of hydrogen-bond donors (Lipinski definition) is 1. The molecule has 3 aromatic rings. The molecule has 0 spiro atoms. The number of nitrogens with one attached hydrogen (secondary N) is 1. The second-order valence-corrected chi connectivity index (χ2v) is 6.06. The molecule has 124 valence electrons. The van der Waals surface area contributed by atoms with Crippen LogP contribution in [0.1, 0.15) is 17.7 Å². The first-order valence-electron chi connectivity index (χ1n) is 7.71. The Labute approximate surface area is 144 Å². The van der Waals surface area contributed by atoms with E-state index in [1.165, 1.54) is 11.3 Å². The summed E-state index contributed by atoms with van der Waals surface area (Å²) in [6, 6.07) is 11.4. The molecule has 0 atom stereocenters. The molecule has 0 fully saturated rings. The lowest BCUT2D eigenvalue weighted by molar-refractivity contribution is -0.120. The van der Waals surface area contributed by atoms with Gasteiger partial charge in [0, 0.05) is 10.9 Å². The van der Waals surface area contributed by atoms with Gasteiger partial charge in [-0.15, -0.1) is 11.3 Å². The quantitative estimate of drug-likeness (QED) is 0.712. The smallest absolute Gasteiger partial charge is 0.227 e. The maximum absolute atomic E-state index is 12.0. The van der Waals surface area contributed by atoms with Crippen molar-refractivity contribution in [1.29, 1.82) is 0 Å². The van der Waals surface area contributed by atoms with Crippen molar-refractivity contribution in [3.63, 3.8) is 0 Å². The fourth-order valence-electron chi connectivity index (χ4n) is 2.21. The Bertz CT molecular complexity index is 779. The van der Waals surface area contributed by atoms with Crippen molar-refractivity contribution in [2.24, 2.45) is 0 Å². The van der Waals surface area contributed by atoms with Crippen LogP contribution in [0, 0.1) is 0 Å². The summed E-state index contributed by atoms with van der Waals surface area (Å²) in [5, 5.41) is 5.57. The average Bonchev–Trinajstić information content (AvgIpc) is 3.26. The van der Waals surface area contributed by atoms with Gasteiger partial charge < -0.3 is 14.5 Å². The van der Waals surface area contributed by atoms with Crippen LogP contribution in [0.2, 0.25) is 0 Å². The molecule has 1 N–H and O–H groups in total. The van der Waals surface area contributed by atoms with E-state index >= 15 is 0 Å². The highest BCUT2D eigenvalue weighted by Gasteiger charge is 2.10. The number of nitrogens with zero attached hydrogens (tertiary/aromatic N) is 1. The van der Waals surface area contributed by atoms with E-state index in [0.29, 0.717) is 13.2 Å². The molecule has 2 aromatic heterocycles. The van der Waals surface area contributed by atoms with Gasteiger partial charge in [-0.1, -0.05) is 0 Å². The Balaban J connectivity index is 1.57. The third-order valence-electron chi connectivity index (χ3n) is 3.36. The lowest BCUT2D eigenvalue weighted by Crippen LogP contribution is -2.24. The monoisotopic (exact) mass is 342 g/mol. The summed E-state index contributed by atoms with van der Waals surface area (Å²) in [6.07, 6.45) is 1.85. The van der Waals surface area contributed by atoms with Gasteiger partial charge in [0.05, 0.1) is 31.5 Å². The minimum Gasteiger partial charge on any atom is -0.494 e. The number of carbonyl (C=O) groups is 1. The Morgan fingerprint density at radius 3 is 2.83 bits per heavy atom. The van der Waals surface area contributed by atoms with Gasteiger partial charge in [-0.05, 0) is 43.3 Å². The zero-order valence-electron chi connectivity index (χ0n) is 13.3. The minimum atomic E-state index is -0.0704. The number of rotatable bonds is 7. The number of benzene rings is 1. The molecular weight excluding hydrogens is 324 g/mol. The molecule has 0 saturated heterocycles. The van der Waals surface area contributed by atoms with Gasteiger partial charge in [-0.2, -0.15) is 0 Å². The first-order valence-corrected chi connectivity index (χ1v) is 8.59. The number of amides is 1. The molecule has 2 heterocycles. The number of aromatic nitrogens is 1. The van der Waals surface area contributed by atoms with Crippen LogP contribution in [0.4, 0.5) is 0 Å². The van der Waals surface area contributed by atoms with E-state index in [-0.39, 0.29) is 12.3 Å². The average molecular weight is 342 g/mol. The Hall–Kier alpha value is -2.60. The third-order valence-corrected chi connectivity index (χ3v) is 4.21. The Morgan fingerprint density at radius 2 is 2.12 bits per heavy atom. The van der Waals surface area contributed by atoms with Crippen LogP contribution < -0.4 is 10.1 Å². The van der Waals surface area contributed by atoms with Gasteiger partial charge in [0.25, 0.3) is 0 Å². The van der Waals surface area contributed by atoms with Crippen LogP contribution in [-0.4, -0.2) is 17.5 Å². The topological polar surface area (TPSA) is 64.4 Å². The van der Waals surface area contributed by atoms with E-state index < -0.39 is 0 Å². The van der Waals surface area contributed by atoms with Crippen LogP contribution in [0.5, 0.6) is 5.75 Å². The lowest BCUT2D eigenvalue weighted by atomic mass is 10.2. The molecular formula is C18H18N2O3S. The molecule has 0 aliphatic rings. The first-order chi connectivity index (χ1) is 11.7. The zero-order chi connectivity index (χ0) is 16.8. The van der Waals surface area contributed by atoms with Crippen LogP contribution in [0.15, 0.2) is 52.5 Å². The number of carbonyl (C=O) groups excluding carboxylic acids is 1. The molecule has 24 heavy (non-hydrogen) atoms. The van der Waals surface area contributed by atoms with Gasteiger partial charge in [0.2, 0.25) is 5.91 Å². The van der Waals surface area contributed by atoms with Crippen molar-refractivity contribution in [3.8, 4) is 17.0 Å². The van der Waals surface area contributed by atoms with E-state index in [4.69, 9.17) is 9.15 Å². The summed E-state index contributed by atoms with van der Waals surface area (Å²) in [5.41, 5.74) is 1.88. The summed E-state index contributed by atoms with van der Waals surface area (Å²) in [7, 11) is 0. The van der Waals surface area contributed by atoms with E-state index in [1.807, 2.05) is 42.6 Å². The van der Waals surface area contributed by atoms with E-state index in [9.17, 15) is 4.79 Å². The normalized spacial score (nSPS) is 10.5. The van der Waals surface area contributed by atoms with Crippen LogP contribution in [-0.2, 0) is 17.8 Å². The predicted molar refractivity (Wildman–Crippen MR) is 93.0 cm³/mol. The first kappa shape index (κ1) is 16.3. The summed E-state index contributed by atoms with van der Waals surface area (Å²) in [5.74, 6) is 1.51. The summed E-state index contributed by atoms with van der Waals surface area (Å²) in [4.78, 5) is 16.5. The second-order valence-electron chi connectivity index (χ2n) is 5.12. The van der Waals surface area contributed by atoms with Crippen molar-refractivity contribution in [2.45, 2.75) is 19.9 Å². The van der Waals surface area contributed by atoms with Crippen molar-refractivity contribution in [1.82, 2.24) is 10.3 Å². The van der Waals surface area contributed by atoms with Crippen LogP contribution in [0.25, 0.3) is 11.3 Å². The highest BCUT2D eigenvalue weighted by molar-refractivity contribution is 7.10. The third kappa shape index (κ3) is 4.23. The van der Waals surface area contributed by atoms with Crippen molar-refractivity contribution in [3.05, 3.63) is 58.8 Å². The lowest BCUT2D eigenvalue weighted by Gasteiger charge is -2.03. The molecule has 0 aliphatic heterocycles. The van der Waals surface area contributed by atoms with Crippen LogP contribution in [0.3, 0.4) is 0 Å². The van der Waals surface area contributed by atoms with Crippen molar-refractivity contribution in [2.75, 3.05) is 6.61 Å². The van der Waals surface area contributed by atoms with E-state index in [0.717, 1.165) is 27.8 Å². The highest BCUT2D eigenvalue weighted by Crippen LogP contribution is 2.24. The maximum atomic E-state index is 12.0. The summed E-state index contributed by atoms with van der Waals surface area (Å²) >= 11 is 1.48. The van der Waals surface area contributed by atoms with E-state index in [2.05, 4.69) is 10.3 Å². The van der Waals surface area contributed by atoms with Gasteiger partial charge in [-0.25, -0.2) is 4.98 Å². The van der Waals surface area contributed by atoms with Gasteiger partial charge >= 0.3 is 0 Å². The largest absolute Gasteiger partial charge is 0.494 e. The zero-order valence-corrected chi connectivity index (χ0v) is 14.1. The van der Waals surface area contributed by atoms with E-state index in [1.54, 1.807) is 12.3 Å². The van der Waals surface area contributed by atoms with Crippen molar-refractivity contribution < 1.29 is 13.9 Å². The van der Waals surface area contributed by atoms with Gasteiger partial charge in [-0.3, -0.25) is 4.79 Å². The summed E-state index contributed by atoms with van der Waals surface area (Å²) < 4.78 is 10.6. The van der Waals surface area contributed by atoms with Gasteiger partial charge in [0.15, 0.2) is 0 Å². The molecule has 3 rings (SSSR count). The van der Waals surface area contributed by atoms with Gasteiger partial charge in [0.1, 0.15) is 16.5 Å². The number of furan rings is 1. The standard InChI is InChI=1S/C18H18N2O3S/c1-2-22-14-7-5-13(6-8-14)16-12-24-18(20-16)10-17(21)19-11-15-4-3-9-23-15/h3-9,12H,2,10-11H2,1H3,(H,19,21). The Kier molecular flexibility index (Phi) is 5.28. The number of thiazole rings is 1. The molecule has 0 saturated carbocycles. The van der Waals surface area contributed by atoms with Crippen molar-refractivity contribution >= 4 is 17.2 Å². The maximum Gasteiger partial charge on any atom is 0.227 e. The molecule has 0 aliphatic carbocycles. The fraction of sp³-hybridized carbons (Fsp3) is 0.222. The Morgan fingerprint density at radius 1 is 1.29 bits per heavy atom. The molecule has 1 amide bonds. The predicted octanol–water partition coefficient (Wildman–Crippen LogP) is 3.66. The fourth-order valence-corrected chi connectivity index (χ4v) is 3.01. The molecule has 5 nitrogen and oxygen atoms in total. The summed E-state index contributed by atoms with van der Waals surface area (Å²) in [6.45, 7) is 2.99. The highest BCUT2D eigenvalue weighted by atomic mass is 32.1. The molecule has 1 aromatic carbocycles. The number of ether oxygens (including phenoxy) is 1.